The SMILES string of the molecule is CCSC1CCCC1NCc1cc(Br)c(O)c(Br)c1. The van der Waals surface area contributed by atoms with Crippen LogP contribution < -0.4 is 5.32 Å². The Balaban J connectivity index is 1.95. The molecule has 2 atom stereocenters. The molecule has 2 rings (SSSR count). The van der Waals surface area contributed by atoms with Gasteiger partial charge in [-0.2, -0.15) is 11.8 Å². The zero-order valence-electron chi connectivity index (χ0n) is 11.0. The molecule has 1 saturated carbocycles. The maximum atomic E-state index is 9.71. The van der Waals surface area contributed by atoms with Crippen molar-refractivity contribution in [1.29, 1.82) is 0 Å². The Morgan fingerprint density at radius 3 is 2.63 bits per heavy atom. The Kier molecular flexibility index (Phi) is 6.06. The first-order chi connectivity index (χ1) is 9.11. The van der Waals surface area contributed by atoms with Crippen molar-refractivity contribution >= 4 is 43.6 Å². The van der Waals surface area contributed by atoms with E-state index in [9.17, 15) is 5.11 Å². The number of hydrogen-bond acceptors (Lipinski definition) is 3. The van der Waals surface area contributed by atoms with E-state index in [-0.39, 0.29) is 5.75 Å². The molecule has 0 saturated heterocycles. The first-order valence-corrected chi connectivity index (χ1v) is 9.27. The molecule has 0 heterocycles. The Bertz CT molecular complexity index is 418. The molecule has 5 heteroatoms. The quantitative estimate of drug-likeness (QED) is 0.741. The van der Waals surface area contributed by atoms with Crippen LogP contribution in [0.4, 0.5) is 0 Å². The summed E-state index contributed by atoms with van der Waals surface area (Å²) in [5.41, 5.74) is 1.18. The zero-order chi connectivity index (χ0) is 13.8. The maximum Gasteiger partial charge on any atom is 0.143 e. The number of benzene rings is 1. The van der Waals surface area contributed by atoms with Gasteiger partial charge < -0.3 is 10.4 Å². The van der Waals surface area contributed by atoms with E-state index < -0.39 is 0 Å². The number of rotatable bonds is 5. The molecule has 1 aliphatic rings. The molecule has 1 fully saturated rings. The summed E-state index contributed by atoms with van der Waals surface area (Å²) < 4.78 is 1.48. The summed E-state index contributed by atoms with van der Waals surface area (Å²) >= 11 is 8.82. The monoisotopic (exact) mass is 407 g/mol. The van der Waals surface area contributed by atoms with Crippen molar-refractivity contribution in [3.63, 3.8) is 0 Å². The highest BCUT2D eigenvalue weighted by Crippen LogP contribution is 2.34. The smallest absolute Gasteiger partial charge is 0.143 e. The summed E-state index contributed by atoms with van der Waals surface area (Å²) in [6.45, 7) is 3.08. The van der Waals surface area contributed by atoms with Crippen molar-refractivity contribution in [3.8, 4) is 5.75 Å². The number of halogens is 2. The van der Waals surface area contributed by atoms with Crippen LogP contribution in [0.25, 0.3) is 0 Å². The molecule has 0 radical (unpaired) electrons. The van der Waals surface area contributed by atoms with Gasteiger partial charge in [0.2, 0.25) is 0 Å². The van der Waals surface area contributed by atoms with Gasteiger partial charge in [0.1, 0.15) is 5.75 Å². The van der Waals surface area contributed by atoms with E-state index >= 15 is 0 Å². The van der Waals surface area contributed by atoms with Crippen LogP contribution >= 0.6 is 43.6 Å². The summed E-state index contributed by atoms with van der Waals surface area (Å²) in [5, 5.41) is 14.1. The molecule has 0 amide bonds. The third kappa shape index (κ3) is 4.13. The lowest BCUT2D eigenvalue weighted by atomic mass is 10.2. The lowest BCUT2D eigenvalue weighted by Crippen LogP contribution is -2.33. The lowest BCUT2D eigenvalue weighted by molar-refractivity contribution is 0.467. The molecule has 19 heavy (non-hydrogen) atoms. The van der Waals surface area contributed by atoms with Crippen molar-refractivity contribution in [2.45, 2.75) is 44.0 Å². The van der Waals surface area contributed by atoms with E-state index in [0.717, 1.165) is 20.7 Å². The minimum Gasteiger partial charge on any atom is -0.506 e. The molecule has 0 aromatic heterocycles. The van der Waals surface area contributed by atoms with Crippen molar-refractivity contribution in [3.05, 3.63) is 26.6 Å². The molecule has 1 aromatic rings. The van der Waals surface area contributed by atoms with Gasteiger partial charge in [-0.05, 0) is 68.2 Å². The summed E-state index contributed by atoms with van der Waals surface area (Å²) in [5.74, 6) is 1.46. The van der Waals surface area contributed by atoms with Gasteiger partial charge in [-0.25, -0.2) is 0 Å². The Morgan fingerprint density at radius 2 is 2.00 bits per heavy atom. The van der Waals surface area contributed by atoms with E-state index in [1.165, 1.54) is 30.6 Å². The van der Waals surface area contributed by atoms with Crippen LogP contribution in [0.1, 0.15) is 31.7 Å². The summed E-state index contributed by atoms with van der Waals surface area (Å²) in [6.07, 6.45) is 3.94. The van der Waals surface area contributed by atoms with Crippen LogP contribution in [0, 0.1) is 0 Å². The number of hydrogen-bond donors (Lipinski definition) is 2. The highest BCUT2D eigenvalue weighted by atomic mass is 79.9. The molecule has 106 valence electrons. The predicted octanol–water partition coefficient (Wildman–Crippen LogP) is 4.68. The highest BCUT2D eigenvalue weighted by molar-refractivity contribution is 9.11. The van der Waals surface area contributed by atoms with E-state index in [1.807, 2.05) is 12.1 Å². The van der Waals surface area contributed by atoms with Gasteiger partial charge in [-0.1, -0.05) is 13.3 Å². The molecule has 0 spiro atoms. The van der Waals surface area contributed by atoms with Crippen LogP contribution in [0.15, 0.2) is 21.1 Å². The van der Waals surface area contributed by atoms with Crippen LogP contribution in [-0.4, -0.2) is 22.2 Å². The predicted molar refractivity (Wildman–Crippen MR) is 89.9 cm³/mol. The molecule has 1 aromatic carbocycles. The van der Waals surface area contributed by atoms with Gasteiger partial charge in [0.15, 0.2) is 0 Å². The fraction of sp³-hybridized carbons (Fsp3) is 0.571. The van der Waals surface area contributed by atoms with Gasteiger partial charge >= 0.3 is 0 Å². The molecule has 2 N–H and O–H groups in total. The third-order valence-corrected chi connectivity index (χ3v) is 6.01. The minimum atomic E-state index is 0.268. The van der Waals surface area contributed by atoms with E-state index in [4.69, 9.17) is 0 Å². The van der Waals surface area contributed by atoms with E-state index in [1.54, 1.807) is 0 Å². The average molecular weight is 409 g/mol. The minimum absolute atomic E-state index is 0.268. The third-order valence-electron chi connectivity index (χ3n) is 3.48. The number of aromatic hydroxyl groups is 1. The van der Waals surface area contributed by atoms with Crippen molar-refractivity contribution in [2.24, 2.45) is 0 Å². The van der Waals surface area contributed by atoms with Crippen LogP contribution in [-0.2, 0) is 6.54 Å². The van der Waals surface area contributed by atoms with E-state index in [0.29, 0.717) is 6.04 Å². The first kappa shape index (κ1) is 15.7. The van der Waals surface area contributed by atoms with Gasteiger partial charge in [0.05, 0.1) is 8.95 Å². The first-order valence-electron chi connectivity index (χ1n) is 6.63. The van der Waals surface area contributed by atoms with Gasteiger partial charge in [0.25, 0.3) is 0 Å². The lowest BCUT2D eigenvalue weighted by Gasteiger charge is -2.20. The van der Waals surface area contributed by atoms with Crippen LogP contribution in [0.3, 0.4) is 0 Å². The Labute approximate surface area is 136 Å². The molecule has 2 nitrogen and oxygen atoms in total. The van der Waals surface area contributed by atoms with Gasteiger partial charge in [-0.3, -0.25) is 0 Å². The topological polar surface area (TPSA) is 32.3 Å². The number of phenolic OH excluding ortho intramolecular Hbond substituents is 1. The molecular formula is C14H19Br2NOS. The van der Waals surface area contributed by atoms with E-state index in [2.05, 4.69) is 55.9 Å². The van der Waals surface area contributed by atoms with Crippen molar-refractivity contribution in [1.82, 2.24) is 5.32 Å². The summed E-state index contributed by atoms with van der Waals surface area (Å²) in [7, 11) is 0. The number of thioether (sulfide) groups is 1. The van der Waals surface area contributed by atoms with Gasteiger partial charge in [-0.15, -0.1) is 0 Å². The fourth-order valence-corrected chi connectivity index (χ4v) is 5.05. The zero-order valence-corrected chi connectivity index (χ0v) is 14.9. The normalized spacial score (nSPS) is 22.9. The second-order valence-electron chi connectivity index (χ2n) is 4.82. The molecule has 1 aliphatic carbocycles. The summed E-state index contributed by atoms with van der Waals surface area (Å²) in [6, 6.07) is 4.57. The number of phenols is 1. The van der Waals surface area contributed by atoms with Crippen LogP contribution in [0.5, 0.6) is 5.75 Å². The molecule has 0 aliphatic heterocycles. The Morgan fingerprint density at radius 1 is 1.32 bits per heavy atom. The van der Waals surface area contributed by atoms with Gasteiger partial charge in [0, 0.05) is 17.8 Å². The molecule has 2 unspecified atom stereocenters. The Hall–Kier alpha value is 0.290. The number of nitrogens with one attached hydrogen (secondary N) is 1. The highest BCUT2D eigenvalue weighted by Gasteiger charge is 2.26. The second-order valence-corrected chi connectivity index (χ2v) is 8.05. The van der Waals surface area contributed by atoms with Crippen LogP contribution in [0.2, 0.25) is 0 Å². The molecular weight excluding hydrogens is 390 g/mol. The standard InChI is InChI=1S/C14H19Br2NOS/c1-2-19-13-5-3-4-12(13)17-8-9-6-10(15)14(18)11(16)7-9/h6-7,12-13,17-18H,2-5,8H2,1H3. The summed E-state index contributed by atoms with van der Waals surface area (Å²) in [4.78, 5) is 0. The average Bonchev–Trinajstić information content (AvgIpc) is 2.81. The van der Waals surface area contributed by atoms with Crippen molar-refractivity contribution in [2.75, 3.05) is 5.75 Å². The van der Waals surface area contributed by atoms with Crippen molar-refractivity contribution < 1.29 is 5.11 Å². The second kappa shape index (κ2) is 7.34. The fourth-order valence-electron chi connectivity index (χ4n) is 2.54. The maximum absolute atomic E-state index is 9.71. The largest absolute Gasteiger partial charge is 0.506 e. The molecule has 0 bridgehead atoms.